The average molecular weight is 1070 g/mol. The number of ether oxygens (including phenoxy) is 1. The molecule has 0 bridgehead atoms. The van der Waals surface area contributed by atoms with Gasteiger partial charge < -0.3 is 28.5 Å². The van der Waals surface area contributed by atoms with Crippen molar-refractivity contribution in [1.29, 1.82) is 0 Å². The van der Waals surface area contributed by atoms with Gasteiger partial charge in [0.2, 0.25) is 5.91 Å². The van der Waals surface area contributed by atoms with E-state index in [-0.39, 0.29) is 24.9 Å². The van der Waals surface area contributed by atoms with Crippen LogP contribution in [0.1, 0.15) is 290 Å². The Labute approximate surface area is 464 Å². The summed E-state index contributed by atoms with van der Waals surface area (Å²) in [7, 11) is 1.18. The molecule has 0 rings (SSSR count). The molecule has 0 fully saturated rings. The first-order valence-corrected chi connectivity index (χ1v) is 33.1. The third-order valence-corrected chi connectivity index (χ3v) is 14.9. The highest BCUT2D eigenvalue weighted by Gasteiger charge is 2.27. The van der Waals surface area contributed by atoms with Crippen molar-refractivity contribution in [1.82, 2.24) is 5.32 Å². The van der Waals surface area contributed by atoms with E-state index < -0.39 is 26.6 Å². The minimum atomic E-state index is -4.70. The van der Waals surface area contributed by atoms with Gasteiger partial charge >= 0.3 is 5.97 Å². The van der Waals surface area contributed by atoms with Gasteiger partial charge in [-0.25, -0.2) is 0 Å². The van der Waals surface area contributed by atoms with Crippen LogP contribution in [0.15, 0.2) is 60.8 Å². The SMILES string of the molecule is CCCC/C=C\CCCCCCCC(=O)OC(/C=C/CCCCCCCCCCCCC)C(COP(=O)([O-])OCC[N+](C)(C)C)NC(=O)CCCCCCCCCCCCCC/C=C\C/C=C\C/C=C\CCCCC. The van der Waals surface area contributed by atoms with Crippen LogP contribution >= 0.6 is 7.82 Å². The van der Waals surface area contributed by atoms with E-state index in [0.717, 1.165) is 96.3 Å². The summed E-state index contributed by atoms with van der Waals surface area (Å²) in [4.78, 5) is 39.9. The molecule has 438 valence electrons. The Morgan fingerprint density at radius 1 is 0.467 bits per heavy atom. The average Bonchev–Trinajstić information content (AvgIpc) is 3.37. The normalized spacial score (nSPS) is 14.1. The van der Waals surface area contributed by atoms with Crippen molar-refractivity contribution in [2.45, 2.75) is 303 Å². The molecule has 3 unspecified atom stereocenters. The van der Waals surface area contributed by atoms with Gasteiger partial charge in [0.05, 0.1) is 33.8 Å². The number of unbranched alkanes of at least 4 members (excludes halogenated alkanes) is 33. The molecule has 0 aliphatic heterocycles. The van der Waals surface area contributed by atoms with Crippen molar-refractivity contribution >= 4 is 19.7 Å². The number of allylic oxidation sites excluding steroid dienone is 9. The standard InChI is InChI=1S/C65H121N2O7P/c1-7-10-13-16-19-22-25-27-28-29-30-31-32-33-34-35-36-37-38-40-43-45-48-51-54-57-64(68)66-62(61-73-75(70,71)72-60-59-67(4,5)6)63(56-53-50-47-44-42-39-26-23-20-17-14-11-8-2)74-65(69)58-55-52-49-46-41-24-21-18-15-12-9-3/h18-19,21-22,27-28,30-31,53,56,62-63H,7-17,20,23-26,29,32-52,54-55,57-61H2,1-6H3,(H-,66,68,70,71)/b21-18-,22-19-,28-27-,31-30-,56-53+. The zero-order valence-corrected chi connectivity index (χ0v) is 50.9. The number of rotatable bonds is 57. The smallest absolute Gasteiger partial charge is 0.306 e. The largest absolute Gasteiger partial charge is 0.756 e. The van der Waals surface area contributed by atoms with E-state index in [1.807, 2.05) is 33.3 Å². The molecule has 0 spiro atoms. The fourth-order valence-electron chi connectivity index (χ4n) is 8.98. The van der Waals surface area contributed by atoms with Crippen LogP contribution in [0.25, 0.3) is 0 Å². The first-order chi connectivity index (χ1) is 36.4. The monoisotopic (exact) mass is 1070 g/mol. The summed E-state index contributed by atoms with van der Waals surface area (Å²) in [6.45, 7) is 6.79. The van der Waals surface area contributed by atoms with E-state index >= 15 is 0 Å². The Balaban J connectivity index is 5.10. The maximum absolute atomic E-state index is 13.5. The molecule has 0 aromatic rings. The maximum Gasteiger partial charge on any atom is 0.306 e. The first kappa shape index (κ1) is 72.7. The third-order valence-electron chi connectivity index (χ3n) is 13.9. The Bertz CT molecular complexity index is 1470. The topological polar surface area (TPSA) is 114 Å². The van der Waals surface area contributed by atoms with Gasteiger partial charge in [0.25, 0.3) is 7.82 Å². The first-order valence-electron chi connectivity index (χ1n) is 31.6. The van der Waals surface area contributed by atoms with Crippen LogP contribution in [0.3, 0.4) is 0 Å². The zero-order chi connectivity index (χ0) is 55.0. The van der Waals surface area contributed by atoms with Crippen LogP contribution in [0.5, 0.6) is 0 Å². The van der Waals surface area contributed by atoms with Crippen LogP contribution in [-0.4, -0.2) is 69.4 Å². The summed E-state index contributed by atoms with van der Waals surface area (Å²) in [5, 5.41) is 3.03. The Hall–Kier alpha value is -2.29. The number of carbonyl (C=O) groups excluding carboxylic acids is 2. The van der Waals surface area contributed by atoms with Crippen molar-refractivity contribution in [3.63, 3.8) is 0 Å². The molecule has 0 aliphatic rings. The van der Waals surface area contributed by atoms with Crippen molar-refractivity contribution in [3.8, 4) is 0 Å². The quantitative estimate of drug-likeness (QED) is 0.0212. The number of phosphoric acid groups is 1. The van der Waals surface area contributed by atoms with Crippen molar-refractivity contribution in [2.75, 3.05) is 40.9 Å². The summed E-state index contributed by atoms with van der Waals surface area (Å²) in [6.07, 6.45) is 69.0. The highest BCUT2D eigenvalue weighted by Crippen LogP contribution is 2.38. The number of hydrogen-bond acceptors (Lipinski definition) is 7. The summed E-state index contributed by atoms with van der Waals surface area (Å²) in [6, 6.07) is -0.892. The molecule has 75 heavy (non-hydrogen) atoms. The van der Waals surface area contributed by atoms with E-state index in [4.69, 9.17) is 13.8 Å². The molecule has 1 amide bonds. The second kappa shape index (κ2) is 55.0. The highest BCUT2D eigenvalue weighted by atomic mass is 31.2. The molecular formula is C65H121N2O7P. The fraction of sp³-hybridized carbons (Fsp3) is 0.815. The van der Waals surface area contributed by atoms with Crippen LogP contribution < -0.4 is 10.2 Å². The second-order valence-corrected chi connectivity index (χ2v) is 24.0. The molecule has 1 N–H and O–H groups in total. The van der Waals surface area contributed by atoms with Gasteiger partial charge in [-0.1, -0.05) is 249 Å². The predicted molar refractivity (Wildman–Crippen MR) is 321 cm³/mol. The molecule has 0 aliphatic carbocycles. The number of carbonyl (C=O) groups is 2. The summed E-state index contributed by atoms with van der Waals surface area (Å²) < 4.78 is 30.3. The number of nitrogens with one attached hydrogen (secondary N) is 1. The van der Waals surface area contributed by atoms with Gasteiger partial charge in [0.15, 0.2) is 0 Å². The zero-order valence-electron chi connectivity index (χ0n) is 50.0. The Kier molecular flexibility index (Phi) is 53.4. The van der Waals surface area contributed by atoms with Gasteiger partial charge in [-0.3, -0.25) is 14.2 Å². The summed E-state index contributed by atoms with van der Waals surface area (Å²) in [5.74, 6) is -0.549. The minimum absolute atomic E-state index is 0.0244. The molecular weight excluding hydrogens is 952 g/mol. The van der Waals surface area contributed by atoms with E-state index in [9.17, 15) is 19.0 Å². The minimum Gasteiger partial charge on any atom is -0.756 e. The molecule has 0 heterocycles. The van der Waals surface area contributed by atoms with Gasteiger partial charge in [0.1, 0.15) is 19.3 Å². The van der Waals surface area contributed by atoms with E-state index in [2.05, 4.69) is 74.7 Å². The fourth-order valence-corrected chi connectivity index (χ4v) is 9.70. The number of esters is 1. The van der Waals surface area contributed by atoms with Gasteiger partial charge in [-0.15, -0.1) is 0 Å². The van der Waals surface area contributed by atoms with Crippen LogP contribution in [0.4, 0.5) is 0 Å². The summed E-state index contributed by atoms with van der Waals surface area (Å²) >= 11 is 0. The predicted octanol–water partition coefficient (Wildman–Crippen LogP) is 18.8. The highest BCUT2D eigenvalue weighted by molar-refractivity contribution is 7.45. The number of hydrogen-bond donors (Lipinski definition) is 1. The number of phosphoric ester groups is 1. The van der Waals surface area contributed by atoms with Gasteiger partial charge in [0, 0.05) is 12.8 Å². The Morgan fingerprint density at radius 2 is 0.827 bits per heavy atom. The molecule has 0 radical (unpaired) electrons. The van der Waals surface area contributed by atoms with Crippen LogP contribution in [-0.2, 0) is 27.9 Å². The molecule has 3 atom stereocenters. The lowest BCUT2D eigenvalue weighted by Gasteiger charge is -2.30. The number of nitrogens with zero attached hydrogens (tertiary/aromatic N) is 1. The molecule has 0 aromatic heterocycles. The van der Waals surface area contributed by atoms with Gasteiger partial charge in [-0.2, -0.15) is 0 Å². The van der Waals surface area contributed by atoms with Gasteiger partial charge in [-0.05, 0) is 89.5 Å². The van der Waals surface area contributed by atoms with Crippen LogP contribution in [0, 0.1) is 0 Å². The van der Waals surface area contributed by atoms with E-state index in [0.29, 0.717) is 17.4 Å². The lowest BCUT2D eigenvalue weighted by molar-refractivity contribution is -0.870. The number of likely N-dealkylation sites (N-methyl/N-ethyl adjacent to an activating group) is 1. The maximum atomic E-state index is 13.5. The summed E-state index contributed by atoms with van der Waals surface area (Å²) in [5.41, 5.74) is 0. The lowest BCUT2D eigenvalue weighted by Crippen LogP contribution is -2.47. The van der Waals surface area contributed by atoms with Crippen molar-refractivity contribution in [2.24, 2.45) is 0 Å². The van der Waals surface area contributed by atoms with E-state index in [1.54, 1.807) is 0 Å². The molecule has 10 heteroatoms. The van der Waals surface area contributed by atoms with Crippen molar-refractivity contribution in [3.05, 3.63) is 60.8 Å². The third kappa shape index (κ3) is 56.2. The number of quaternary nitrogens is 1. The molecule has 9 nitrogen and oxygen atoms in total. The molecule has 0 saturated carbocycles. The molecule has 0 saturated heterocycles. The van der Waals surface area contributed by atoms with Crippen molar-refractivity contribution < 1.29 is 37.3 Å². The Morgan fingerprint density at radius 3 is 1.29 bits per heavy atom. The number of amides is 1. The van der Waals surface area contributed by atoms with Crippen LogP contribution in [0.2, 0.25) is 0 Å². The lowest BCUT2D eigenvalue weighted by atomic mass is 10.0. The molecule has 0 aromatic carbocycles. The second-order valence-electron chi connectivity index (χ2n) is 22.6. The van der Waals surface area contributed by atoms with E-state index in [1.165, 1.54) is 161 Å².